The van der Waals surface area contributed by atoms with E-state index in [2.05, 4.69) is 20.6 Å². The second-order valence-electron chi connectivity index (χ2n) is 11.9. The Morgan fingerprint density at radius 3 is 2.67 bits per heavy atom. The van der Waals surface area contributed by atoms with Crippen LogP contribution < -0.4 is 15.4 Å². The monoisotopic (exact) mass is 577 g/mol. The van der Waals surface area contributed by atoms with Crippen molar-refractivity contribution < 1.29 is 28.6 Å². The number of nitrogens with one attached hydrogen (secondary N) is 2. The minimum atomic E-state index is -1.05. The summed E-state index contributed by atoms with van der Waals surface area (Å²) in [6, 6.07) is 9.05. The predicted molar refractivity (Wildman–Crippen MR) is 155 cm³/mol. The first-order valence-electron chi connectivity index (χ1n) is 14.4. The maximum absolute atomic E-state index is 13.3. The third kappa shape index (κ3) is 7.20. The molecular formula is C31H39N5O6. The second-order valence-corrected chi connectivity index (χ2v) is 11.9. The van der Waals surface area contributed by atoms with Crippen molar-refractivity contribution in [3.05, 3.63) is 71.2 Å². The number of aryl methyl sites for hydroxylation is 1. The number of carbonyl (C=O) groups excluding carboxylic acids is 2. The Balaban J connectivity index is 1.27. The minimum Gasteiger partial charge on any atom is -0.486 e. The molecule has 3 N–H and O–H groups in total. The van der Waals surface area contributed by atoms with E-state index in [0.717, 1.165) is 35.3 Å². The molecular weight excluding hydrogens is 538 g/mol. The topological polar surface area (TPSA) is 139 Å². The fourth-order valence-electron chi connectivity index (χ4n) is 5.01. The van der Waals surface area contributed by atoms with Gasteiger partial charge in [0.25, 0.3) is 5.91 Å². The molecule has 1 saturated carbocycles. The smallest absolute Gasteiger partial charge is 0.410 e. The molecule has 0 unspecified atom stereocenters. The summed E-state index contributed by atoms with van der Waals surface area (Å²) in [5, 5.41) is 17.5. The zero-order chi connectivity index (χ0) is 29.9. The van der Waals surface area contributed by atoms with Crippen molar-refractivity contribution in [2.45, 2.75) is 90.3 Å². The van der Waals surface area contributed by atoms with E-state index in [1.807, 2.05) is 31.2 Å². The van der Waals surface area contributed by atoms with Gasteiger partial charge in [-0.3, -0.25) is 14.7 Å². The summed E-state index contributed by atoms with van der Waals surface area (Å²) in [5.41, 5.74) is 3.02. The summed E-state index contributed by atoms with van der Waals surface area (Å²) in [6.45, 7) is 7.64. The van der Waals surface area contributed by atoms with Crippen LogP contribution in [0.1, 0.15) is 73.1 Å². The number of benzene rings is 1. The lowest BCUT2D eigenvalue weighted by Gasteiger charge is -2.40. The number of hydrogen-bond donors (Lipinski definition) is 3. The minimum absolute atomic E-state index is 0.0577. The number of rotatable bonds is 9. The molecule has 5 rings (SSSR count). The molecule has 11 heteroatoms. The fourth-order valence-corrected chi connectivity index (χ4v) is 5.01. The van der Waals surface area contributed by atoms with Crippen molar-refractivity contribution in [2.75, 3.05) is 11.9 Å². The number of carbonyl (C=O) groups is 2. The van der Waals surface area contributed by atoms with Gasteiger partial charge in [0.05, 0.1) is 17.8 Å². The largest absolute Gasteiger partial charge is 0.486 e. The first-order valence-corrected chi connectivity index (χ1v) is 14.4. The molecule has 2 amide bonds. The van der Waals surface area contributed by atoms with E-state index in [0.29, 0.717) is 24.0 Å². The molecule has 2 aliphatic rings. The Labute approximate surface area is 245 Å². The first-order chi connectivity index (χ1) is 20.1. The van der Waals surface area contributed by atoms with Crippen LogP contribution in [-0.2, 0) is 24.3 Å². The van der Waals surface area contributed by atoms with Gasteiger partial charge in [-0.1, -0.05) is 6.07 Å². The number of pyridine rings is 1. The third-order valence-corrected chi connectivity index (χ3v) is 7.58. The quantitative estimate of drug-likeness (QED) is 0.338. The van der Waals surface area contributed by atoms with Gasteiger partial charge in [0.15, 0.2) is 12.2 Å². The van der Waals surface area contributed by atoms with Crippen molar-refractivity contribution >= 4 is 17.7 Å². The Morgan fingerprint density at radius 2 is 1.98 bits per heavy atom. The standard InChI is InChI=1S/C31H39N5O6/c1-19-28(41-18-34-19)17-40-24-9-8-20-13-26(36(16-21(20)12-24)30(39)42-31(2,3)4)27(37)15-33-29(38)25-14-23(10-11-32-25)35-22-6-5-7-22/h8-12,14,18,22,26-27,37H,5-7,13,15-17H2,1-4H3,(H,32,35)(H,33,38)/t26-,27+/m0/s1. The molecule has 42 heavy (non-hydrogen) atoms. The van der Waals surface area contributed by atoms with Gasteiger partial charge in [0.2, 0.25) is 0 Å². The molecule has 11 nitrogen and oxygen atoms in total. The zero-order valence-corrected chi connectivity index (χ0v) is 24.6. The highest BCUT2D eigenvalue weighted by Gasteiger charge is 2.37. The van der Waals surface area contributed by atoms with Crippen LogP contribution in [0, 0.1) is 6.92 Å². The van der Waals surface area contributed by atoms with E-state index >= 15 is 0 Å². The highest BCUT2D eigenvalue weighted by atomic mass is 16.6. The van der Waals surface area contributed by atoms with Crippen LogP contribution in [0.5, 0.6) is 5.75 Å². The van der Waals surface area contributed by atoms with Crippen LogP contribution in [0.3, 0.4) is 0 Å². The van der Waals surface area contributed by atoms with Gasteiger partial charge in [-0.15, -0.1) is 0 Å². The highest BCUT2D eigenvalue weighted by molar-refractivity contribution is 5.93. The molecule has 3 aromatic rings. The normalized spacial score (nSPS) is 17.5. The van der Waals surface area contributed by atoms with Crippen LogP contribution in [0.15, 0.2) is 47.3 Å². The summed E-state index contributed by atoms with van der Waals surface area (Å²) >= 11 is 0. The number of fused-ring (bicyclic) bond motifs is 1. The van der Waals surface area contributed by atoms with E-state index in [1.54, 1.807) is 33.0 Å². The van der Waals surface area contributed by atoms with Crippen LogP contribution >= 0.6 is 0 Å². The zero-order valence-electron chi connectivity index (χ0n) is 24.6. The van der Waals surface area contributed by atoms with E-state index in [9.17, 15) is 14.7 Å². The van der Waals surface area contributed by atoms with Crippen LogP contribution in [-0.4, -0.2) is 62.3 Å². The van der Waals surface area contributed by atoms with Crippen molar-refractivity contribution in [1.29, 1.82) is 0 Å². The van der Waals surface area contributed by atoms with Gasteiger partial charge < -0.3 is 29.6 Å². The number of nitrogens with zero attached hydrogens (tertiary/aromatic N) is 3. The van der Waals surface area contributed by atoms with Gasteiger partial charge >= 0.3 is 6.09 Å². The summed E-state index contributed by atoms with van der Waals surface area (Å²) in [5.74, 6) is 0.876. The van der Waals surface area contributed by atoms with Crippen LogP contribution in [0.25, 0.3) is 0 Å². The number of anilines is 1. The lowest BCUT2D eigenvalue weighted by molar-refractivity contribution is -0.0113. The number of hydrogen-bond acceptors (Lipinski definition) is 9. The molecule has 0 bridgehead atoms. The number of aliphatic hydroxyl groups is 1. The molecule has 1 aliphatic carbocycles. The molecule has 2 atom stereocenters. The maximum Gasteiger partial charge on any atom is 0.410 e. The summed E-state index contributed by atoms with van der Waals surface area (Å²) in [7, 11) is 0. The van der Waals surface area contributed by atoms with Crippen molar-refractivity contribution in [1.82, 2.24) is 20.2 Å². The Hall–Kier alpha value is -4.12. The molecule has 1 aromatic carbocycles. The average molecular weight is 578 g/mol. The molecule has 3 heterocycles. The van der Waals surface area contributed by atoms with Gasteiger partial charge in [-0.05, 0) is 88.8 Å². The third-order valence-electron chi connectivity index (χ3n) is 7.58. The molecule has 0 spiro atoms. The number of oxazole rings is 1. The predicted octanol–water partition coefficient (Wildman–Crippen LogP) is 4.37. The molecule has 1 aliphatic heterocycles. The van der Waals surface area contributed by atoms with Gasteiger partial charge in [0, 0.05) is 31.0 Å². The second kappa shape index (κ2) is 12.4. The Morgan fingerprint density at radius 1 is 1.17 bits per heavy atom. The highest BCUT2D eigenvalue weighted by Crippen LogP contribution is 2.30. The molecule has 224 valence electrons. The summed E-state index contributed by atoms with van der Waals surface area (Å²) in [4.78, 5) is 36.0. The first kappa shape index (κ1) is 29.4. The maximum atomic E-state index is 13.3. The molecule has 1 fully saturated rings. The fraction of sp³-hybridized carbons (Fsp3) is 0.484. The van der Waals surface area contributed by atoms with Gasteiger partial charge in [-0.25, -0.2) is 9.78 Å². The molecule has 0 radical (unpaired) electrons. The van der Waals surface area contributed by atoms with E-state index in [4.69, 9.17) is 13.9 Å². The van der Waals surface area contributed by atoms with Crippen molar-refractivity contribution in [3.8, 4) is 5.75 Å². The number of aliphatic hydroxyl groups excluding tert-OH is 1. The van der Waals surface area contributed by atoms with Crippen LogP contribution in [0.4, 0.5) is 10.5 Å². The van der Waals surface area contributed by atoms with E-state index < -0.39 is 29.7 Å². The van der Waals surface area contributed by atoms with E-state index in [-0.39, 0.29) is 25.4 Å². The molecule has 2 aromatic heterocycles. The average Bonchev–Trinajstić information content (AvgIpc) is 3.35. The van der Waals surface area contributed by atoms with Gasteiger partial charge in [-0.2, -0.15) is 0 Å². The lowest BCUT2D eigenvalue weighted by atomic mass is 9.91. The summed E-state index contributed by atoms with van der Waals surface area (Å²) < 4.78 is 17.0. The number of amides is 2. The Bertz CT molecular complexity index is 1410. The van der Waals surface area contributed by atoms with Crippen LogP contribution in [0.2, 0.25) is 0 Å². The van der Waals surface area contributed by atoms with Gasteiger partial charge in [0.1, 0.15) is 23.7 Å². The van der Waals surface area contributed by atoms with Crippen molar-refractivity contribution in [2.24, 2.45) is 0 Å². The number of ether oxygens (including phenoxy) is 2. The lowest BCUT2D eigenvalue weighted by Crippen LogP contribution is -2.54. The van der Waals surface area contributed by atoms with E-state index in [1.165, 1.54) is 17.7 Å². The SMILES string of the molecule is Cc1ncoc1COc1ccc2c(c1)CN(C(=O)OC(C)(C)C)[C@H]([C@H](O)CNC(=O)c1cc(NC3CCC3)ccn1)C2. The molecule has 0 saturated heterocycles. The summed E-state index contributed by atoms with van der Waals surface area (Å²) in [6.07, 6.45) is 5.22. The number of aromatic nitrogens is 2. The van der Waals surface area contributed by atoms with Crippen molar-refractivity contribution in [3.63, 3.8) is 0 Å². The Kier molecular flexibility index (Phi) is 8.67.